The molecule has 0 amide bonds. The van der Waals surface area contributed by atoms with E-state index in [0.717, 1.165) is 4.57 Å². The number of nitrogens with zero attached hydrogens (tertiary/aromatic N) is 3. The minimum absolute atomic E-state index is 0.349. The Labute approximate surface area is 125 Å². The Hall–Kier alpha value is -2.76. The summed E-state index contributed by atoms with van der Waals surface area (Å²) in [6, 6.07) is 7.47. The molecule has 0 bridgehead atoms. The lowest BCUT2D eigenvalue weighted by Gasteiger charge is -2.12. The highest BCUT2D eigenvalue weighted by molar-refractivity contribution is 5.92. The molecule has 0 aliphatic carbocycles. The third kappa shape index (κ3) is 2.04. The van der Waals surface area contributed by atoms with Gasteiger partial charge in [-0.1, -0.05) is 0 Å². The first kappa shape index (κ1) is 14.2. The number of rotatable bonds is 1. The first-order chi connectivity index (χ1) is 10.4. The smallest absolute Gasteiger partial charge is 0.296 e. The summed E-state index contributed by atoms with van der Waals surface area (Å²) in [5.41, 5.74) is 1.46. The van der Waals surface area contributed by atoms with Crippen molar-refractivity contribution < 1.29 is 4.39 Å². The summed E-state index contributed by atoms with van der Waals surface area (Å²) in [6.07, 6.45) is 0. The molecular weight excluding hydrogens is 285 g/mol. The van der Waals surface area contributed by atoms with E-state index < -0.39 is 11.2 Å². The number of aromatic nitrogens is 3. The Morgan fingerprint density at radius 1 is 1.05 bits per heavy atom. The van der Waals surface area contributed by atoms with Gasteiger partial charge in [0.2, 0.25) is 0 Å². The lowest BCUT2D eigenvalue weighted by molar-refractivity contribution is 0.628. The molecule has 0 atom stereocenters. The fraction of sp³-hybridized carbons (Fsp3) is 0.188. The van der Waals surface area contributed by atoms with Crippen molar-refractivity contribution in [3.63, 3.8) is 0 Å². The van der Waals surface area contributed by atoms with E-state index in [1.807, 2.05) is 0 Å². The second-order valence-corrected chi connectivity index (χ2v) is 5.22. The maximum Gasteiger partial charge on any atom is 0.330 e. The third-order valence-corrected chi connectivity index (χ3v) is 3.70. The van der Waals surface area contributed by atoms with Crippen LogP contribution in [0.5, 0.6) is 0 Å². The molecule has 3 aromatic rings. The molecule has 2 heterocycles. The number of hydrogen-bond acceptors (Lipinski definition) is 3. The Balaban J connectivity index is 2.53. The first-order valence-corrected chi connectivity index (χ1v) is 6.73. The molecule has 0 fully saturated rings. The van der Waals surface area contributed by atoms with Crippen LogP contribution in [0.15, 0.2) is 39.9 Å². The maximum atomic E-state index is 13.1. The molecule has 5 nitrogen and oxygen atoms in total. The second kappa shape index (κ2) is 4.91. The molecule has 0 spiro atoms. The van der Waals surface area contributed by atoms with Gasteiger partial charge in [0.05, 0.1) is 16.6 Å². The average Bonchev–Trinajstić information content (AvgIpc) is 2.50. The number of aryl methyl sites for hydroxylation is 2. The van der Waals surface area contributed by atoms with Crippen molar-refractivity contribution in [2.75, 3.05) is 0 Å². The van der Waals surface area contributed by atoms with Gasteiger partial charge in [0.1, 0.15) is 5.82 Å². The molecule has 112 valence electrons. The summed E-state index contributed by atoms with van der Waals surface area (Å²) in [6.45, 7) is 1.79. The summed E-state index contributed by atoms with van der Waals surface area (Å²) in [7, 11) is 3.04. The summed E-state index contributed by atoms with van der Waals surface area (Å²) >= 11 is 0. The van der Waals surface area contributed by atoms with E-state index >= 15 is 0 Å². The van der Waals surface area contributed by atoms with Crippen LogP contribution in [0.1, 0.15) is 5.69 Å². The van der Waals surface area contributed by atoms with Crippen LogP contribution in [0.4, 0.5) is 4.39 Å². The van der Waals surface area contributed by atoms with Crippen LogP contribution < -0.4 is 11.2 Å². The largest absolute Gasteiger partial charge is 0.330 e. The zero-order chi connectivity index (χ0) is 16.0. The van der Waals surface area contributed by atoms with E-state index in [-0.39, 0.29) is 5.82 Å². The van der Waals surface area contributed by atoms with Crippen LogP contribution in [-0.2, 0) is 14.1 Å². The van der Waals surface area contributed by atoms with Crippen molar-refractivity contribution in [3.05, 3.63) is 62.7 Å². The fourth-order valence-electron chi connectivity index (χ4n) is 2.53. The van der Waals surface area contributed by atoms with Gasteiger partial charge in [-0.25, -0.2) is 9.18 Å². The summed E-state index contributed by atoms with van der Waals surface area (Å²) in [5.74, 6) is -0.360. The van der Waals surface area contributed by atoms with E-state index in [1.165, 1.54) is 23.7 Å². The predicted octanol–water partition coefficient (Wildman–Crippen LogP) is 1.75. The van der Waals surface area contributed by atoms with Crippen molar-refractivity contribution in [2.24, 2.45) is 14.1 Å². The van der Waals surface area contributed by atoms with Gasteiger partial charge in [-0.05, 0) is 37.3 Å². The third-order valence-electron chi connectivity index (χ3n) is 3.70. The Morgan fingerprint density at radius 2 is 1.68 bits per heavy atom. The number of benzene rings is 1. The molecule has 6 heteroatoms. The minimum Gasteiger partial charge on any atom is -0.296 e. The highest BCUT2D eigenvalue weighted by atomic mass is 19.1. The highest BCUT2D eigenvalue weighted by Crippen LogP contribution is 2.24. The lowest BCUT2D eigenvalue weighted by atomic mass is 10.1. The maximum absolute atomic E-state index is 13.1. The molecule has 22 heavy (non-hydrogen) atoms. The van der Waals surface area contributed by atoms with Crippen molar-refractivity contribution in [3.8, 4) is 11.3 Å². The normalized spacial score (nSPS) is 11.1. The van der Waals surface area contributed by atoms with Crippen LogP contribution in [0, 0.1) is 12.7 Å². The highest BCUT2D eigenvalue weighted by Gasteiger charge is 2.15. The van der Waals surface area contributed by atoms with Gasteiger partial charge < -0.3 is 0 Å². The van der Waals surface area contributed by atoms with Crippen LogP contribution >= 0.6 is 0 Å². The topological polar surface area (TPSA) is 56.9 Å². The number of fused-ring (bicyclic) bond motifs is 1. The average molecular weight is 299 g/mol. The molecule has 0 aliphatic heterocycles. The van der Waals surface area contributed by atoms with Crippen molar-refractivity contribution in [1.29, 1.82) is 0 Å². The Morgan fingerprint density at radius 3 is 2.32 bits per heavy atom. The molecule has 2 aromatic heterocycles. The zero-order valence-electron chi connectivity index (χ0n) is 12.4. The molecular formula is C16H14FN3O2. The first-order valence-electron chi connectivity index (χ1n) is 6.73. The van der Waals surface area contributed by atoms with E-state index in [0.29, 0.717) is 27.9 Å². The van der Waals surface area contributed by atoms with E-state index in [4.69, 9.17) is 0 Å². The molecule has 0 aliphatic rings. The van der Waals surface area contributed by atoms with Gasteiger partial charge in [0, 0.05) is 25.4 Å². The summed E-state index contributed by atoms with van der Waals surface area (Å²) < 4.78 is 15.6. The number of hydrogen-bond donors (Lipinski definition) is 0. The lowest BCUT2D eigenvalue weighted by Crippen LogP contribution is -2.37. The minimum atomic E-state index is -0.412. The number of halogens is 1. The summed E-state index contributed by atoms with van der Waals surface area (Å²) in [5, 5.41) is 0.349. The molecule has 0 N–H and O–H groups in total. The Kier molecular flexibility index (Phi) is 3.16. The molecule has 0 radical (unpaired) electrons. The molecule has 0 saturated heterocycles. The van der Waals surface area contributed by atoms with Crippen LogP contribution in [0.25, 0.3) is 22.2 Å². The quantitative estimate of drug-likeness (QED) is 0.688. The van der Waals surface area contributed by atoms with Gasteiger partial charge in [-0.2, -0.15) is 0 Å². The van der Waals surface area contributed by atoms with Crippen molar-refractivity contribution >= 4 is 10.9 Å². The molecule has 1 aromatic carbocycles. The van der Waals surface area contributed by atoms with E-state index in [9.17, 15) is 14.0 Å². The van der Waals surface area contributed by atoms with Gasteiger partial charge in [0.15, 0.2) is 0 Å². The van der Waals surface area contributed by atoms with Gasteiger partial charge >= 0.3 is 5.69 Å². The zero-order valence-corrected chi connectivity index (χ0v) is 12.4. The van der Waals surface area contributed by atoms with Crippen LogP contribution in [0.3, 0.4) is 0 Å². The molecule has 0 unspecified atom stereocenters. The standard InChI is InChI=1S/C16H14FN3O2/c1-9-8-12-13(15(21)20(3)16(22)19(12)2)14(18-9)10-4-6-11(17)7-5-10/h4-8H,1-3H3. The fourth-order valence-corrected chi connectivity index (χ4v) is 2.53. The Bertz CT molecular complexity index is 1000. The molecule has 0 saturated carbocycles. The van der Waals surface area contributed by atoms with Gasteiger partial charge in [-0.3, -0.25) is 18.9 Å². The van der Waals surface area contributed by atoms with Crippen LogP contribution in [0.2, 0.25) is 0 Å². The second-order valence-electron chi connectivity index (χ2n) is 5.22. The monoisotopic (exact) mass is 299 g/mol. The predicted molar refractivity (Wildman–Crippen MR) is 82.4 cm³/mol. The van der Waals surface area contributed by atoms with Crippen molar-refractivity contribution in [1.82, 2.24) is 14.1 Å². The van der Waals surface area contributed by atoms with E-state index in [1.54, 1.807) is 32.2 Å². The number of pyridine rings is 1. The van der Waals surface area contributed by atoms with Gasteiger partial charge in [-0.15, -0.1) is 0 Å². The molecule has 3 rings (SSSR count). The summed E-state index contributed by atoms with van der Waals surface area (Å²) in [4.78, 5) is 29.0. The van der Waals surface area contributed by atoms with Crippen molar-refractivity contribution in [2.45, 2.75) is 6.92 Å². The van der Waals surface area contributed by atoms with Crippen LogP contribution in [-0.4, -0.2) is 14.1 Å². The SMILES string of the molecule is Cc1cc2c(c(-c3ccc(F)cc3)n1)c(=O)n(C)c(=O)n2C. The van der Waals surface area contributed by atoms with E-state index in [2.05, 4.69) is 4.98 Å². The van der Waals surface area contributed by atoms with Gasteiger partial charge in [0.25, 0.3) is 5.56 Å².